The highest BCUT2D eigenvalue weighted by Gasteiger charge is 2.37. The zero-order valence-electron chi connectivity index (χ0n) is 14.6. The average molecular weight is 360 g/mol. The van der Waals surface area contributed by atoms with E-state index in [1.807, 2.05) is 30.3 Å². The van der Waals surface area contributed by atoms with Gasteiger partial charge in [-0.25, -0.2) is 4.98 Å². The number of H-pyrrole nitrogens is 1. The van der Waals surface area contributed by atoms with Crippen LogP contribution < -0.4 is 4.74 Å². The molecule has 4 rings (SSSR count). The van der Waals surface area contributed by atoms with E-state index in [2.05, 4.69) is 9.97 Å². The molecule has 1 amide bonds. The van der Waals surface area contributed by atoms with E-state index in [-0.39, 0.29) is 6.10 Å². The number of nitrogens with zero attached hydrogens (tertiary/aromatic N) is 3. The number of Topliss-reactive ketones (excluding diaryl/α,β-unsaturated/α-hetero) is 1. The van der Waals surface area contributed by atoms with Crippen LogP contribution in [0.5, 0.6) is 5.88 Å². The first-order chi connectivity index (χ1) is 13.1. The van der Waals surface area contributed by atoms with Gasteiger partial charge in [0.1, 0.15) is 12.2 Å². The van der Waals surface area contributed by atoms with Gasteiger partial charge in [-0.3, -0.25) is 9.59 Å². The minimum Gasteiger partial charge on any atom is -0.471 e. The molecular weight excluding hydrogens is 344 g/mol. The summed E-state index contributed by atoms with van der Waals surface area (Å²) in [5, 5.41) is 9.52. The number of para-hydroxylation sites is 1. The summed E-state index contributed by atoms with van der Waals surface area (Å²) < 4.78 is 5.66. The van der Waals surface area contributed by atoms with Crippen LogP contribution in [0.3, 0.4) is 0 Å². The van der Waals surface area contributed by atoms with Gasteiger partial charge in [0.15, 0.2) is 0 Å². The van der Waals surface area contributed by atoms with Crippen LogP contribution in [0, 0.1) is 18.3 Å². The summed E-state index contributed by atoms with van der Waals surface area (Å²) in [5.41, 5.74) is 2.40. The Morgan fingerprint density at radius 1 is 1.26 bits per heavy atom. The number of hydrogen-bond donors (Lipinski definition) is 1. The number of hydrogen-bond acceptors (Lipinski definition) is 5. The predicted octanol–water partition coefficient (Wildman–Crippen LogP) is 2.22. The molecule has 1 aliphatic heterocycles. The van der Waals surface area contributed by atoms with Gasteiger partial charge in [-0.2, -0.15) is 5.26 Å². The number of pyridine rings is 1. The van der Waals surface area contributed by atoms with Crippen LogP contribution in [0.2, 0.25) is 0 Å². The molecule has 3 heterocycles. The van der Waals surface area contributed by atoms with Crippen LogP contribution in [0.4, 0.5) is 0 Å². The average Bonchev–Trinajstić information content (AvgIpc) is 2.99. The zero-order valence-corrected chi connectivity index (χ0v) is 14.6. The van der Waals surface area contributed by atoms with E-state index in [4.69, 9.17) is 10.00 Å². The van der Waals surface area contributed by atoms with Crippen LogP contribution in [0.15, 0.2) is 42.6 Å². The largest absolute Gasteiger partial charge is 0.471 e. The number of benzene rings is 1. The molecule has 0 aliphatic carbocycles. The molecule has 2 aromatic heterocycles. The van der Waals surface area contributed by atoms with Crippen LogP contribution in [-0.2, 0) is 4.79 Å². The second-order valence-electron chi connectivity index (χ2n) is 6.45. The van der Waals surface area contributed by atoms with Crippen molar-refractivity contribution in [1.82, 2.24) is 14.9 Å². The maximum absolute atomic E-state index is 12.7. The predicted molar refractivity (Wildman–Crippen MR) is 97.3 cm³/mol. The smallest absolute Gasteiger partial charge is 0.295 e. The summed E-state index contributed by atoms with van der Waals surface area (Å²) in [4.78, 5) is 33.9. The van der Waals surface area contributed by atoms with Crippen molar-refractivity contribution >= 4 is 22.6 Å². The Kier molecular flexibility index (Phi) is 4.09. The number of fused-ring (bicyclic) bond motifs is 1. The van der Waals surface area contributed by atoms with Crippen LogP contribution in [0.25, 0.3) is 10.9 Å². The van der Waals surface area contributed by atoms with Crippen molar-refractivity contribution in [3.63, 3.8) is 0 Å². The number of aromatic nitrogens is 2. The molecule has 1 saturated heterocycles. The third-order valence-electron chi connectivity index (χ3n) is 4.60. The minimum absolute atomic E-state index is 0.216. The lowest BCUT2D eigenvalue weighted by atomic mass is 10.0. The fourth-order valence-corrected chi connectivity index (χ4v) is 3.19. The number of ether oxygens (including phenoxy) is 1. The molecule has 1 aromatic carbocycles. The Balaban J connectivity index is 1.41. The fraction of sp³-hybridized carbons (Fsp3) is 0.200. The van der Waals surface area contributed by atoms with Gasteiger partial charge >= 0.3 is 0 Å². The maximum atomic E-state index is 12.7. The molecule has 27 heavy (non-hydrogen) atoms. The molecule has 0 radical (unpaired) electrons. The second kappa shape index (κ2) is 6.57. The number of rotatable bonds is 4. The molecular formula is C20H16N4O3. The zero-order chi connectivity index (χ0) is 19.0. The number of nitrogens with one attached hydrogen (secondary N) is 1. The van der Waals surface area contributed by atoms with E-state index in [1.54, 1.807) is 19.1 Å². The lowest BCUT2D eigenvalue weighted by Gasteiger charge is -2.38. The molecule has 134 valence electrons. The Hall–Kier alpha value is -3.66. The quantitative estimate of drug-likeness (QED) is 0.568. The van der Waals surface area contributed by atoms with Crippen molar-refractivity contribution in [1.29, 1.82) is 5.26 Å². The van der Waals surface area contributed by atoms with Crippen molar-refractivity contribution in [3.05, 3.63) is 59.4 Å². The first-order valence-electron chi connectivity index (χ1n) is 8.50. The van der Waals surface area contributed by atoms with Gasteiger partial charge in [0.05, 0.1) is 24.2 Å². The SMILES string of the molecule is Cc1[nH]c2ccccc2c1C(=O)C(=O)N1CC(Oc2ccc(C#N)cn2)C1. The van der Waals surface area contributed by atoms with Gasteiger partial charge in [-0.15, -0.1) is 0 Å². The van der Waals surface area contributed by atoms with E-state index in [0.717, 1.165) is 10.9 Å². The number of nitriles is 1. The first-order valence-corrected chi connectivity index (χ1v) is 8.50. The highest BCUT2D eigenvalue weighted by atomic mass is 16.5. The number of carbonyl (C=O) groups excluding carboxylic acids is 2. The molecule has 7 heteroatoms. The van der Waals surface area contributed by atoms with Crippen molar-refractivity contribution in [2.75, 3.05) is 13.1 Å². The van der Waals surface area contributed by atoms with E-state index >= 15 is 0 Å². The van der Waals surface area contributed by atoms with E-state index in [0.29, 0.717) is 35.8 Å². The molecule has 1 fully saturated rings. The van der Waals surface area contributed by atoms with Crippen LogP contribution >= 0.6 is 0 Å². The number of likely N-dealkylation sites (tertiary alicyclic amines) is 1. The highest BCUT2D eigenvalue weighted by Crippen LogP contribution is 2.24. The van der Waals surface area contributed by atoms with Gasteiger partial charge in [-0.05, 0) is 19.1 Å². The van der Waals surface area contributed by atoms with Crippen molar-refractivity contribution in [2.24, 2.45) is 0 Å². The Morgan fingerprint density at radius 3 is 2.74 bits per heavy atom. The molecule has 1 aliphatic rings. The maximum Gasteiger partial charge on any atom is 0.295 e. The Labute approximate surface area is 155 Å². The van der Waals surface area contributed by atoms with E-state index < -0.39 is 11.7 Å². The molecule has 0 unspecified atom stereocenters. The normalized spacial score (nSPS) is 13.9. The highest BCUT2D eigenvalue weighted by molar-refractivity contribution is 6.45. The molecule has 0 atom stereocenters. The van der Waals surface area contributed by atoms with Gasteiger partial charge in [-0.1, -0.05) is 18.2 Å². The lowest BCUT2D eigenvalue weighted by molar-refractivity contribution is -0.134. The van der Waals surface area contributed by atoms with Crippen molar-refractivity contribution < 1.29 is 14.3 Å². The monoisotopic (exact) mass is 360 g/mol. The van der Waals surface area contributed by atoms with E-state index in [9.17, 15) is 9.59 Å². The summed E-state index contributed by atoms with van der Waals surface area (Å²) in [7, 11) is 0. The molecule has 1 N–H and O–H groups in total. The lowest BCUT2D eigenvalue weighted by Crippen LogP contribution is -2.58. The molecule has 3 aromatic rings. The summed E-state index contributed by atoms with van der Waals surface area (Å²) in [6.45, 7) is 2.44. The van der Waals surface area contributed by atoms with Crippen LogP contribution in [-0.4, -0.2) is 45.8 Å². The van der Waals surface area contributed by atoms with E-state index in [1.165, 1.54) is 11.1 Å². The summed E-state index contributed by atoms with van der Waals surface area (Å²) >= 11 is 0. The molecule has 0 bridgehead atoms. The van der Waals surface area contributed by atoms with Gasteiger partial charge in [0, 0.05) is 28.9 Å². The van der Waals surface area contributed by atoms with Gasteiger partial charge in [0.2, 0.25) is 5.88 Å². The summed E-state index contributed by atoms with van der Waals surface area (Å²) in [6.07, 6.45) is 1.21. The second-order valence-corrected chi connectivity index (χ2v) is 6.45. The minimum atomic E-state index is -0.532. The van der Waals surface area contributed by atoms with Crippen molar-refractivity contribution in [2.45, 2.75) is 13.0 Å². The number of carbonyl (C=O) groups is 2. The molecule has 0 saturated carbocycles. The number of amides is 1. The molecule has 7 nitrogen and oxygen atoms in total. The number of aryl methyl sites for hydroxylation is 1. The summed E-state index contributed by atoms with van der Waals surface area (Å²) in [5.74, 6) is -0.653. The van der Waals surface area contributed by atoms with Gasteiger partial charge in [0.25, 0.3) is 11.7 Å². The topological polar surface area (TPSA) is 99.1 Å². The van der Waals surface area contributed by atoms with Gasteiger partial charge < -0.3 is 14.6 Å². The third-order valence-corrected chi connectivity index (χ3v) is 4.60. The summed E-state index contributed by atoms with van der Waals surface area (Å²) in [6, 6.07) is 12.7. The van der Waals surface area contributed by atoms with Crippen molar-refractivity contribution in [3.8, 4) is 11.9 Å². The number of ketones is 1. The number of aromatic amines is 1. The first kappa shape index (κ1) is 16.8. The Bertz CT molecular complexity index is 1070. The van der Waals surface area contributed by atoms with Crippen LogP contribution in [0.1, 0.15) is 21.6 Å². The molecule has 0 spiro atoms. The Morgan fingerprint density at radius 2 is 2.04 bits per heavy atom. The third kappa shape index (κ3) is 3.02. The standard InChI is InChI=1S/C20H16N4O3/c1-12-18(15-4-2-3-5-16(15)23-12)19(25)20(26)24-10-14(11-24)27-17-7-6-13(8-21)9-22-17/h2-7,9,14,23H,10-11H2,1H3. The fourth-order valence-electron chi connectivity index (χ4n) is 3.19.